The molecule has 1 atom stereocenters. The van der Waals surface area contributed by atoms with Crippen molar-refractivity contribution in [3.8, 4) is 0 Å². The van der Waals surface area contributed by atoms with E-state index in [2.05, 4.69) is 21.2 Å². The third-order valence-electron chi connectivity index (χ3n) is 2.79. The molecule has 0 radical (unpaired) electrons. The quantitative estimate of drug-likeness (QED) is 0.859. The predicted octanol–water partition coefficient (Wildman–Crippen LogP) is 3.63. The van der Waals surface area contributed by atoms with Gasteiger partial charge in [0.1, 0.15) is 0 Å². The van der Waals surface area contributed by atoms with Crippen LogP contribution >= 0.6 is 15.9 Å². The molecule has 0 bridgehead atoms. The predicted molar refractivity (Wildman–Crippen MR) is 84.1 cm³/mol. The largest absolute Gasteiger partial charge is 0.449 e. The Kier molecular flexibility index (Phi) is 5.11. The van der Waals surface area contributed by atoms with Crippen molar-refractivity contribution in [2.45, 2.75) is 13.0 Å². The molecule has 0 saturated carbocycles. The molecule has 5 heteroatoms. The number of carbonyl (C=O) groups excluding carboxylic acids is 2. The SMILES string of the molecule is CC(OC(=O)c1ccccc1Br)C(=O)Nc1ccccc1. The fraction of sp³-hybridized carbons (Fsp3) is 0.125. The molecule has 21 heavy (non-hydrogen) atoms. The van der Waals surface area contributed by atoms with Crippen LogP contribution in [0.5, 0.6) is 0 Å². The summed E-state index contributed by atoms with van der Waals surface area (Å²) in [6.45, 7) is 1.53. The number of carbonyl (C=O) groups is 2. The number of amides is 1. The highest BCUT2D eigenvalue weighted by Crippen LogP contribution is 2.17. The first-order chi connectivity index (χ1) is 10.1. The van der Waals surface area contributed by atoms with E-state index in [9.17, 15) is 9.59 Å². The molecule has 0 aliphatic heterocycles. The minimum atomic E-state index is -0.884. The van der Waals surface area contributed by atoms with Crippen molar-refractivity contribution in [1.82, 2.24) is 0 Å². The summed E-state index contributed by atoms with van der Waals surface area (Å²) in [5.41, 5.74) is 1.04. The lowest BCUT2D eigenvalue weighted by Crippen LogP contribution is -2.30. The van der Waals surface area contributed by atoms with Crippen LogP contribution in [0.4, 0.5) is 5.69 Å². The number of halogens is 1. The van der Waals surface area contributed by atoms with Gasteiger partial charge in [-0.05, 0) is 47.1 Å². The number of benzene rings is 2. The summed E-state index contributed by atoms with van der Waals surface area (Å²) in [6, 6.07) is 15.9. The maximum atomic E-state index is 12.0. The highest BCUT2D eigenvalue weighted by atomic mass is 79.9. The third-order valence-corrected chi connectivity index (χ3v) is 3.48. The monoisotopic (exact) mass is 347 g/mol. The molecule has 0 aromatic heterocycles. The normalized spacial score (nSPS) is 11.5. The zero-order chi connectivity index (χ0) is 15.2. The zero-order valence-electron chi connectivity index (χ0n) is 11.4. The van der Waals surface area contributed by atoms with Gasteiger partial charge < -0.3 is 10.1 Å². The number of anilines is 1. The Balaban J connectivity index is 1.98. The molecule has 1 amide bonds. The highest BCUT2D eigenvalue weighted by molar-refractivity contribution is 9.10. The van der Waals surface area contributed by atoms with Crippen LogP contribution in [0.2, 0.25) is 0 Å². The first-order valence-electron chi connectivity index (χ1n) is 6.39. The number of hydrogen-bond donors (Lipinski definition) is 1. The van der Waals surface area contributed by atoms with Gasteiger partial charge in [0.15, 0.2) is 6.10 Å². The standard InChI is InChI=1S/C16H14BrNO3/c1-11(15(19)18-12-7-3-2-4-8-12)21-16(20)13-9-5-6-10-14(13)17/h2-11H,1H3,(H,18,19). The van der Waals surface area contributed by atoms with Crippen LogP contribution in [-0.4, -0.2) is 18.0 Å². The van der Waals surface area contributed by atoms with Crippen LogP contribution in [0, 0.1) is 0 Å². The van der Waals surface area contributed by atoms with E-state index in [1.807, 2.05) is 18.2 Å². The van der Waals surface area contributed by atoms with Crippen LogP contribution in [-0.2, 0) is 9.53 Å². The van der Waals surface area contributed by atoms with Gasteiger partial charge in [-0.2, -0.15) is 0 Å². The van der Waals surface area contributed by atoms with Gasteiger partial charge in [-0.3, -0.25) is 4.79 Å². The van der Waals surface area contributed by atoms with Gasteiger partial charge >= 0.3 is 5.97 Å². The van der Waals surface area contributed by atoms with E-state index >= 15 is 0 Å². The van der Waals surface area contributed by atoms with Crippen molar-refractivity contribution < 1.29 is 14.3 Å². The van der Waals surface area contributed by atoms with E-state index in [4.69, 9.17) is 4.74 Å². The van der Waals surface area contributed by atoms with Gasteiger partial charge in [-0.25, -0.2) is 4.79 Å². The maximum absolute atomic E-state index is 12.0. The van der Waals surface area contributed by atoms with E-state index in [0.717, 1.165) is 0 Å². The number of rotatable bonds is 4. The average Bonchev–Trinajstić information content (AvgIpc) is 2.48. The van der Waals surface area contributed by atoms with Crippen LogP contribution in [0.15, 0.2) is 59.1 Å². The molecule has 2 aromatic carbocycles. The average molecular weight is 348 g/mol. The van der Waals surface area contributed by atoms with Gasteiger partial charge in [-0.15, -0.1) is 0 Å². The van der Waals surface area contributed by atoms with Crippen molar-refractivity contribution >= 4 is 33.5 Å². The Bertz CT molecular complexity index is 643. The van der Waals surface area contributed by atoms with Crippen molar-refractivity contribution in [1.29, 1.82) is 0 Å². The molecular formula is C16H14BrNO3. The van der Waals surface area contributed by atoms with E-state index in [0.29, 0.717) is 15.7 Å². The Hall–Kier alpha value is -2.14. The first-order valence-corrected chi connectivity index (χ1v) is 7.18. The van der Waals surface area contributed by atoms with E-state index in [-0.39, 0.29) is 5.91 Å². The molecule has 0 saturated heterocycles. The van der Waals surface area contributed by atoms with Crippen molar-refractivity contribution in [2.75, 3.05) is 5.32 Å². The number of esters is 1. The lowest BCUT2D eigenvalue weighted by atomic mass is 10.2. The molecule has 1 unspecified atom stereocenters. The van der Waals surface area contributed by atoms with Gasteiger partial charge in [0.2, 0.25) is 0 Å². The molecule has 2 rings (SSSR count). The van der Waals surface area contributed by atoms with Gasteiger partial charge in [-0.1, -0.05) is 30.3 Å². The Morgan fingerprint density at radius 1 is 1.05 bits per heavy atom. The summed E-state index contributed by atoms with van der Waals surface area (Å²) in [5.74, 6) is -0.917. The van der Waals surface area contributed by atoms with Crippen molar-refractivity contribution in [3.63, 3.8) is 0 Å². The second-order valence-corrected chi connectivity index (χ2v) is 5.24. The zero-order valence-corrected chi connectivity index (χ0v) is 13.0. The molecule has 0 aliphatic carbocycles. The van der Waals surface area contributed by atoms with Crippen molar-refractivity contribution in [2.24, 2.45) is 0 Å². The van der Waals surface area contributed by atoms with Gasteiger partial charge in [0.25, 0.3) is 5.91 Å². The lowest BCUT2D eigenvalue weighted by Gasteiger charge is -2.14. The summed E-state index contributed by atoms with van der Waals surface area (Å²) in [6.07, 6.45) is -0.884. The number of nitrogens with one attached hydrogen (secondary N) is 1. The van der Waals surface area contributed by atoms with Crippen LogP contribution in [0.1, 0.15) is 17.3 Å². The fourth-order valence-corrected chi connectivity index (χ4v) is 2.12. The summed E-state index contributed by atoms with van der Waals surface area (Å²) in [4.78, 5) is 24.0. The molecule has 0 fully saturated rings. The topological polar surface area (TPSA) is 55.4 Å². The minimum absolute atomic E-state index is 0.374. The van der Waals surface area contributed by atoms with Crippen molar-refractivity contribution in [3.05, 3.63) is 64.6 Å². The van der Waals surface area contributed by atoms with E-state index in [1.165, 1.54) is 6.92 Å². The van der Waals surface area contributed by atoms with Crippen LogP contribution < -0.4 is 5.32 Å². The first kappa shape index (κ1) is 15.3. The molecule has 4 nitrogen and oxygen atoms in total. The maximum Gasteiger partial charge on any atom is 0.340 e. The lowest BCUT2D eigenvalue weighted by molar-refractivity contribution is -0.123. The second kappa shape index (κ2) is 7.04. The molecule has 0 aliphatic rings. The van der Waals surface area contributed by atoms with Crippen LogP contribution in [0.3, 0.4) is 0 Å². The number of ether oxygens (including phenoxy) is 1. The van der Waals surface area contributed by atoms with E-state index < -0.39 is 12.1 Å². The summed E-state index contributed by atoms with van der Waals surface area (Å²) < 4.78 is 5.80. The highest BCUT2D eigenvalue weighted by Gasteiger charge is 2.20. The summed E-state index contributed by atoms with van der Waals surface area (Å²) in [7, 11) is 0. The van der Waals surface area contributed by atoms with E-state index in [1.54, 1.807) is 36.4 Å². The molecule has 0 spiro atoms. The van der Waals surface area contributed by atoms with Gasteiger partial charge in [0, 0.05) is 10.2 Å². The summed E-state index contributed by atoms with van der Waals surface area (Å²) in [5, 5.41) is 2.69. The second-order valence-electron chi connectivity index (χ2n) is 4.38. The van der Waals surface area contributed by atoms with Crippen LogP contribution in [0.25, 0.3) is 0 Å². The Morgan fingerprint density at radius 2 is 1.67 bits per heavy atom. The summed E-state index contributed by atoms with van der Waals surface area (Å²) >= 11 is 3.28. The molecule has 2 aromatic rings. The Labute approximate surface area is 131 Å². The number of hydrogen-bond acceptors (Lipinski definition) is 3. The number of para-hydroxylation sites is 1. The third kappa shape index (κ3) is 4.16. The minimum Gasteiger partial charge on any atom is -0.449 e. The molecular weight excluding hydrogens is 334 g/mol. The molecule has 108 valence electrons. The smallest absolute Gasteiger partial charge is 0.340 e. The molecule has 0 heterocycles. The fourth-order valence-electron chi connectivity index (χ4n) is 1.67. The van der Waals surface area contributed by atoms with Gasteiger partial charge in [0.05, 0.1) is 5.56 Å². The molecule has 1 N–H and O–H groups in total. The Morgan fingerprint density at radius 3 is 2.33 bits per heavy atom.